The lowest BCUT2D eigenvalue weighted by Crippen LogP contribution is -2.40. The first-order valence-corrected chi connectivity index (χ1v) is 9.53. The molecule has 0 aliphatic heterocycles. The molecule has 0 atom stereocenters. The van der Waals surface area contributed by atoms with Crippen molar-refractivity contribution >= 4 is 12.0 Å². The number of hydrogen-bond acceptors (Lipinski definition) is 3. The molecule has 3 rings (SSSR count). The minimum atomic E-state index is -0.479. The number of aromatic nitrogens is 1. The number of rotatable bonds is 6. The van der Waals surface area contributed by atoms with Gasteiger partial charge in [-0.3, -0.25) is 9.78 Å². The number of nitrogens with zero attached hydrogens (tertiary/aromatic N) is 2. The molecule has 27 heavy (non-hydrogen) atoms. The molecule has 2 aromatic rings. The zero-order valence-electron chi connectivity index (χ0n) is 15.6. The molecule has 0 radical (unpaired) electrons. The van der Waals surface area contributed by atoms with E-state index in [9.17, 15) is 9.18 Å². The third kappa shape index (κ3) is 5.16. The number of carbonyl (C=O) groups excluding carboxylic acids is 1. The molecule has 0 unspecified atom stereocenters. The summed E-state index contributed by atoms with van der Waals surface area (Å²) in [5.74, 6) is 0.110. The molecule has 142 valence electrons. The van der Waals surface area contributed by atoms with E-state index in [4.69, 9.17) is 4.74 Å². The Kier molecular flexibility index (Phi) is 6.58. The summed E-state index contributed by atoms with van der Waals surface area (Å²) >= 11 is 0. The first-order valence-electron chi connectivity index (χ1n) is 9.53. The fraction of sp³-hybridized carbons (Fsp3) is 0.364. The van der Waals surface area contributed by atoms with Crippen molar-refractivity contribution in [3.8, 4) is 11.5 Å². The highest BCUT2D eigenvalue weighted by atomic mass is 19.1. The Bertz CT molecular complexity index is 786. The Morgan fingerprint density at radius 1 is 1.30 bits per heavy atom. The van der Waals surface area contributed by atoms with Crippen molar-refractivity contribution in [2.45, 2.75) is 45.1 Å². The molecule has 1 fully saturated rings. The van der Waals surface area contributed by atoms with E-state index in [1.165, 1.54) is 37.6 Å². The number of amides is 1. The number of hydrogen-bond donors (Lipinski definition) is 0. The zero-order chi connectivity index (χ0) is 19.1. The second kappa shape index (κ2) is 9.31. The van der Waals surface area contributed by atoms with E-state index >= 15 is 0 Å². The molecule has 1 saturated carbocycles. The van der Waals surface area contributed by atoms with E-state index in [0.29, 0.717) is 23.9 Å². The molecule has 1 aliphatic rings. The number of ether oxygens (including phenoxy) is 1. The van der Waals surface area contributed by atoms with Gasteiger partial charge in [0, 0.05) is 24.9 Å². The summed E-state index contributed by atoms with van der Waals surface area (Å²) in [6.07, 6.45) is 12.1. The Labute approximate surface area is 159 Å². The van der Waals surface area contributed by atoms with Crippen LogP contribution in [0, 0.1) is 5.82 Å². The molecule has 1 heterocycles. The molecule has 1 aliphatic carbocycles. The van der Waals surface area contributed by atoms with Crippen LogP contribution in [0.4, 0.5) is 4.39 Å². The van der Waals surface area contributed by atoms with Gasteiger partial charge in [0.1, 0.15) is 5.75 Å². The Morgan fingerprint density at radius 3 is 2.78 bits per heavy atom. The average Bonchev–Trinajstić information content (AvgIpc) is 2.70. The minimum absolute atomic E-state index is 0.0134. The van der Waals surface area contributed by atoms with Gasteiger partial charge >= 0.3 is 0 Å². The maximum atomic E-state index is 14.3. The molecule has 1 aromatic carbocycles. The van der Waals surface area contributed by atoms with Gasteiger partial charge in [-0.15, -0.1) is 0 Å². The predicted octanol–water partition coefficient (Wildman–Crippen LogP) is 5.21. The summed E-state index contributed by atoms with van der Waals surface area (Å²) in [4.78, 5) is 18.4. The third-order valence-electron chi connectivity index (χ3n) is 4.88. The standard InChI is InChI=1S/C22H25FN2O2/c1-2-25(18-7-4-3-5-8-18)22(26)13-11-17-10-12-21(20(23)15-17)27-19-9-6-14-24-16-19/h6,9-16,18H,2-5,7-8H2,1H3/b13-11+. The van der Waals surface area contributed by atoms with Crippen LogP contribution in [0.2, 0.25) is 0 Å². The van der Waals surface area contributed by atoms with Crippen LogP contribution in [0.15, 0.2) is 48.8 Å². The second-order valence-electron chi connectivity index (χ2n) is 6.73. The molecular formula is C22H25FN2O2. The molecule has 0 saturated heterocycles. The summed E-state index contributed by atoms with van der Waals surface area (Å²) in [6.45, 7) is 2.70. The van der Waals surface area contributed by atoms with Crippen molar-refractivity contribution in [3.05, 3.63) is 60.2 Å². The molecule has 1 aromatic heterocycles. The Morgan fingerprint density at radius 2 is 2.11 bits per heavy atom. The molecule has 4 nitrogen and oxygen atoms in total. The number of carbonyl (C=O) groups is 1. The highest BCUT2D eigenvalue weighted by Crippen LogP contribution is 2.25. The highest BCUT2D eigenvalue weighted by molar-refractivity contribution is 5.92. The van der Waals surface area contributed by atoms with Gasteiger partial charge in [-0.1, -0.05) is 25.3 Å². The number of pyridine rings is 1. The fourth-order valence-electron chi connectivity index (χ4n) is 3.49. The number of benzene rings is 1. The molecule has 1 amide bonds. The zero-order valence-corrected chi connectivity index (χ0v) is 15.6. The quantitative estimate of drug-likeness (QED) is 0.658. The Balaban J connectivity index is 1.65. The van der Waals surface area contributed by atoms with Crippen molar-refractivity contribution in [1.82, 2.24) is 9.88 Å². The summed E-state index contributed by atoms with van der Waals surface area (Å²) in [7, 11) is 0. The molecule has 0 spiro atoms. The van der Waals surface area contributed by atoms with Crippen molar-refractivity contribution in [2.24, 2.45) is 0 Å². The lowest BCUT2D eigenvalue weighted by molar-refractivity contribution is -0.128. The van der Waals surface area contributed by atoms with Crippen LogP contribution >= 0.6 is 0 Å². The smallest absolute Gasteiger partial charge is 0.246 e. The molecule has 0 bridgehead atoms. The molecule has 0 N–H and O–H groups in total. The van der Waals surface area contributed by atoms with Crippen molar-refractivity contribution in [3.63, 3.8) is 0 Å². The first kappa shape index (κ1) is 19.1. The summed E-state index contributed by atoms with van der Waals surface area (Å²) in [5.41, 5.74) is 0.624. The van der Waals surface area contributed by atoms with E-state index in [-0.39, 0.29) is 11.7 Å². The van der Waals surface area contributed by atoms with Crippen LogP contribution in [0.3, 0.4) is 0 Å². The van der Waals surface area contributed by atoms with Crippen LogP contribution in [0.1, 0.15) is 44.6 Å². The van der Waals surface area contributed by atoms with Gasteiger partial charge in [-0.25, -0.2) is 4.39 Å². The van der Waals surface area contributed by atoms with E-state index in [1.807, 2.05) is 11.8 Å². The van der Waals surface area contributed by atoms with Crippen LogP contribution in [0.25, 0.3) is 6.08 Å². The van der Waals surface area contributed by atoms with Gasteiger partial charge < -0.3 is 9.64 Å². The lowest BCUT2D eigenvalue weighted by Gasteiger charge is -2.32. The summed E-state index contributed by atoms with van der Waals surface area (Å²) in [6, 6.07) is 8.42. The monoisotopic (exact) mass is 368 g/mol. The predicted molar refractivity (Wildman–Crippen MR) is 104 cm³/mol. The third-order valence-corrected chi connectivity index (χ3v) is 4.88. The topological polar surface area (TPSA) is 42.4 Å². The van der Waals surface area contributed by atoms with E-state index in [2.05, 4.69) is 4.98 Å². The van der Waals surface area contributed by atoms with Crippen LogP contribution in [-0.4, -0.2) is 28.4 Å². The van der Waals surface area contributed by atoms with Gasteiger partial charge in [0.05, 0.1) is 6.20 Å². The SMILES string of the molecule is CCN(C(=O)/C=C/c1ccc(Oc2cccnc2)c(F)c1)C1CCCCC1. The lowest BCUT2D eigenvalue weighted by atomic mass is 9.94. The molecular weight excluding hydrogens is 343 g/mol. The van der Waals surface area contributed by atoms with Gasteiger partial charge in [0.15, 0.2) is 11.6 Å². The summed E-state index contributed by atoms with van der Waals surface area (Å²) in [5, 5.41) is 0. The second-order valence-corrected chi connectivity index (χ2v) is 6.73. The van der Waals surface area contributed by atoms with E-state index < -0.39 is 5.82 Å². The Hall–Kier alpha value is -2.69. The van der Waals surface area contributed by atoms with E-state index in [0.717, 1.165) is 12.8 Å². The maximum Gasteiger partial charge on any atom is 0.246 e. The largest absolute Gasteiger partial charge is 0.453 e. The summed E-state index contributed by atoms with van der Waals surface area (Å²) < 4.78 is 19.8. The normalized spacial score (nSPS) is 15.0. The van der Waals surface area contributed by atoms with Crippen LogP contribution < -0.4 is 4.74 Å². The average molecular weight is 368 g/mol. The van der Waals surface area contributed by atoms with Crippen LogP contribution in [0.5, 0.6) is 11.5 Å². The highest BCUT2D eigenvalue weighted by Gasteiger charge is 2.22. The van der Waals surface area contributed by atoms with Gasteiger partial charge in [-0.05, 0) is 55.7 Å². The van der Waals surface area contributed by atoms with Crippen molar-refractivity contribution in [2.75, 3.05) is 6.54 Å². The van der Waals surface area contributed by atoms with Crippen molar-refractivity contribution < 1.29 is 13.9 Å². The first-order chi connectivity index (χ1) is 13.2. The molecule has 5 heteroatoms. The van der Waals surface area contributed by atoms with Gasteiger partial charge in [0.2, 0.25) is 5.91 Å². The maximum absolute atomic E-state index is 14.3. The van der Waals surface area contributed by atoms with Crippen molar-refractivity contribution in [1.29, 1.82) is 0 Å². The van der Waals surface area contributed by atoms with Crippen LogP contribution in [-0.2, 0) is 4.79 Å². The van der Waals surface area contributed by atoms with E-state index in [1.54, 1.807) is 36.5 Å². The minimum Gasteiger partial charge on any atom is -0.453 e. The van der Waals surface area contributed by atoms with Gasteiger partial charge in [-0.2, -0.15) is 0 Å². The number of halogens is 1. The van der Waals surface area contributed by atoms with Gasteiger partial charge in [0.25, 0.3) is 0 Å². The fourth-order valence-corrected chi connectivity index (χ4v) is 3.49. The number of likely N-dealkylation sites (N-methyl/N-ethyl adjacent to an activating group) is 1.